The first-order valence-electron chi connectivity index (χ1n) is 11.9. The summed E-state index contributed by atoms with van der Waals surface area (Å²) >= 11 is 0. The van der Waals surface area contributed by atoms with Gasteiger partial charge in [-0.1, -0.05) is 54.6 Å². The fourth-order valence-electron chi connectivity index (χ4n) is 4.91. The van der Waals surface area contributed by atoms with E-state index < -0.39 is 0 Å². The number of hydrogen-bond donors (Lipinski definition) is 0. The summed E-state index contributed by atoms with van der Waals surface area (Å²) < 4.78 is 19.0. The summed E-state index contributed by atoms with van der Waals surface area (Å²) in [4.78, 5) is 0. The second-order valence-corrected chi connectivity index (χ2v) is 8.80. The van der Waals surface area contributed by atoms with Gasteiger partial charge in [0.25, 0.3) is 0 Å². The van der Waals surface area contributed by atoms with Crippen LogP contribution in [0, 0.1) is 0 Å². The minimum absolute atomic E-state index is 0.718. The summed E-state index contributed by atoms with van der Waals surface area (Å²) in [6.45, 7) is 0. The molecule has 36 heavy (non-hydrogen) atoms. The predicted molar refractivity (Wildman–Crippen MR) is 145 cm³/mol. The molecule has 2 heterocycles. The third-order valence-electron chi connectivity index (χ3n) is 6.80. The summed E-state index contributed by atoms with van der Waals surface area (Å²) in [5, 5.41) is 4.44. The van der Waals surface area contributed by atoms with E-state index in [4.69, 9.17) is 14.2 Å². The highest BCUT2D eigenvalue weighted by molar-refractivity contribution is 6.01. The van der Waals surface area contributed by atoms with E-state index in [1.807, 2.05) is 18.2 Å². The highest BCUT2D eigenvalue weighted by Gasteiger charge is 2.16. The normalized spacial score (nSPS) is 11.2. The lowest BCUT2D eigenvalue weighted by atomic mass is 9.97. The summed E-state index contributed by atoms with van der Waals surface area (Å²) in [6.07, 6.45) is 4.21. The summed E-state index contributed by atoms with van der Waals surface area (Å²) in [7, 11) is 5.05. The minimum Gasteiger partial charge on any atom is -0.496 e. The molecule has 0 saturated heterocycles. The topological polar surface area (TPSA) is 31.8 Å². The van der Waals surface area contributed by atoms with E-state index in [1.54, 1.807) is 21.3 Å². The highest BCUT2D eigenvalue weighted by atomic mass is 16.5. The standard InChI is InChI=1S/C32H26NO3/c1-34-30-16-24-13-14-33-20-26-18-32(36-3)31(35-2)17-25(26)15-29(33)27(24)19-28(30)23-11-9-22(10-12-23)21-7-5-4-6-8-21/h4-20H,1-3H3/q+1. The van der Waals surface area contributed by atoms with Gasteiger partial charge >= 0.3 is 0 Å². The van der Waals surface area contributed by atoms with Crippen LogP contribution in [0.3, 0.4) is 0 Å². The van der Waals surface area contributed by atoms with Crippen molar-refractivity contribution in [3.8, 4) is 39.5 Å². The number of aromatic nitrogens is 1. The number of rotatable bonds is 5. The van der Waals surface area contributed by atoms with Crippen molar-refractivity contribution in [3.63, 3.8) is 0 Å². The van der Waals surface area contributed by atoms with Crippen LogP contribution in [0.4, 0.5) is 0 Å². The van der Waals surface area contributed by atoms with Gasteiger partial charge in [0.05, 0.1) is 32.1 Å². The summed E-state index contributed by atoms with van der Waals surface area (Å²) in [6, 6.07) is 31.8. The maximum absolute atomic E-state index is 5.82. The Labute approximate surface area is 209 Å². The van der Waals surface area contributed by atoms with Crippen molar-refractivity contribution < 1.29 is 18.6 Å². The molecule has 0 aliphatic heterocycles. The third kappa shape index (κ3) is 3.68. The summed E-state index contributed by atoms with van der Waals surface area (Å²) in [5.41, 5.74) is 5.68. The van der Waals surface area contributed by atoms with Crippen LogP contribution >= 0.6 is 0 Å². The molecule has 6 aromatic rings. The van der Waals surface area contributed by atoms with Crippen molar-refractivity contribution in [1.82, 2.24) is 0 Å². The minimum atomic E-state index is 0.718. The van der Waals surface area contributed by atoms with Crippen molar-refractivity contribution in [3.05, 3.63) is 103 Å². The van der Waals surface area contributed by atoms with Crippen LogP contribution < -0.4 is 18.6 Å². The molecule has 0 spiro atoms. The fourth-order valence-corrected chi connectivity index (χ4v) is 4.91. The molecule has 0 radical (unpaired) electrons. The number of hydrogen-bond acceptors (Lipinski definition) is 3. The molecule has 0 bridgehead atoms. The van der Waals surface area contributed by atoms with Crippen LogP contribution in [0.2, 0.25) is 0 Å². The molecule has 0 fully saturated rings. The van der Waals surface area contributed by atoms with Gasteiger partial charge in [-0.2, -0.15) is 4.40 Å². The molecule has 0 saturated carbocycles. The molecule has 0 unspecified atom stereocenters. The zero-order valence-electron chi connectivity index (χ0n) is 20.5. The van der Waals surface area contributed by atoms with E-state index in [0.29, 0.717) is 0 Å². The van der Waals surface area contributed by atoms with E-state index in [2.05, 4.69) is 89.6 Å². The molecule has 4 nitrogen and oxygen atoms in total. The Balaban J connectivity index is 1.54. The van der Waals surface area contributed by atoms with Gasteiger partial charge in [-0.05, 0) is 51.7 Å². The average Bonchev–Trinajstić information content (AvgIpc) is 2.95. The highest BCUT2D eigenvalue weighted by Crippen LogP contribution is 2.37. The third-order valence-corrected chi connectivity index (χ3v) is 6.80. The maximum atomic E-state index is 5.82. The molecule has 0 aliphatic rings. The average molecular weight is 473 g/mol. The van der Waals surface area contributed by atoms with E-state index in [0.717, 1.165) is 55.4 Å². The second-order valence-electron chi connectivity index (χ2n) is 8.80. The Morgan fingerprint density at radius 1 is 0.528 bits per heavy atom. The smallest absolute Gasteiger partial charge is 0.219 e. The van der Waals surface area contributed by atoms with Crippen molar-refractivity contribution >= 4 is 27.1 Å². The molecule has 4 aromatic carbocycles. The Bertz CT molecular complexity index is 1730. The molecule has 0 aliphatic carbocycles. The van der Waals surface area contributed by atoms with Gasteiger partial charge < -0.3 is 14.2 Å². The van der Waals surface area contributed by atoms with Crippen LogP contribution in [0.5, 0.6) is 17.2 Å². The van der Waals surface area contributed by atoms with Crippen molar-refractivity contribution in [2.24, 2.45) is 0 Å². The Morgan fingerprint density at radius 3 is 1.83 bits per heavy atom. The first-order valence-corrected chi connectivity index (χ1v) is 11.9. The van der Waals surface area contributed by atoms with Gasteiger partial charge in [-0.25, -0.2) is 0 Å². The van der Waals surface area contributed by atoms with E-state index >= 15 is 0 Å². The molecule has 2 aromatic heterocycles. The molecule has 176 valence electrons. The molecule has 0 amide bonds. The quantitative estimate of drug-likeness (QED) is 0.152. The molecular weight excluding hydrogens is 446 g/mol. The molecule has 0 atom stereocenters. The zero-order chi connectivity index (χ0) is 24.6. The predicted octanol–water partition coefficient (Wildman–Crippen LogP) is 7.09. The first kappa shape index (κ1) is 21.9. The largest absolute Gasteiger partial charge is 0.496 e. The molecule has 0 N–H and O–H groups in total. The monoisotopic (exact) mass is 472 g/mol. The maximum Gasteiger partial charge on any atom is 0.219 e. The van der Waals surface area contributed by atoms with Gasteiger partial charge in [-0.3, -0.25) is 0 Å². The lowest BCUT2D eigenvalue weighted by Crippen LogP contribution is -2.20. The lowest BCUT2D eigenvalue weighted by molar-refractivity contribution is -0.509. The number of fused-ring (bicyclic) bond motifs is 4. The van der Waals surface area contributed by atoms with Crippen molar-refractivity contribution in [2.45, 2.75) is 0 Å². The van der Waals surface area contributed by atoms with E-state index in [9.17, 15) is 0 Å². The molecule has 6 rings (SSSR count). The Morgan fingerprint density at radius 2 is 1.14 bits per heavy atom. The van der Waals surface area contributed by atoms with Crippen molar-refractivity contribution in [1.29, 1.82) is 0 Å². The van der Waals surface area contributed by atoms with Crippen LogP contribution in [-0.4, -0.2) is 21.3 Å². The second kappa shape index (κ2) is 8.90. The lowest BCUT2D eigenvalue weighted by Gasteiger charge is -2.12. The van der Waals surface area contributed by atoms with Gasteiger partial charge in [0.2, 0.25) is 5.52 Å². The van der Waals surface area contributed by atoms with Gasteiger partial charge in [-0.15, -0.1) is 0 Å². The molecular formula is C32H26NO3+. The van der Waals surface area contributed by atoms with E-state index in [1.165, 1.54) is 11.1 Å². The Kier molecular flexibility index (Phi) is 5.42. The van der Waals surface area contributed by atoms with Gasteiger partial charge in [0.1, 0.15) is 5.75 Å². The SMILES string of the molecule is COc1cc2cc3c4cc(-c5ccc(-c6ccccc6)cc5)c(OC)cc4cc[n+]3cc2cc1OC. The van der Waals surface area contributed by atoms with Gasteiger partial charge in [0, 0.05) is 17.7 Å². The van der Waals surface area contributed by atoms with Crippen LogP contribution in [0.25, 0.3) is 49.3 Å². The summed E-state index contributed by atoms with van der Waals surface area (Å²) in [5.74, 6) is 2.29. The van der Waals surface area contributed by atoms with Crippen LogP contribution in [-0.2, 0) is 0 Å². The number of methoxy groups -OCH3 is 3. The van der Waals surface area contributed by atoms with E-state index in [-0.39, 0.29) is 0 Å². The Hall–Kier alpha value is -4.57. The first-order chi connectivity index (χ1) is 17.7. The number of nitrogens with zero attached hydrogens (tertiary/aromatic N) is 1. The molecule has 4 heteroatoms. The number of benzene rings is 4. The number of pyridine rings is 2. The van der Waals surface area contributed by atoms with Gasteiger partial charge in [0.15, 0.2) is 23.9 Å². The zero-order valence-corrected chi connectivity index (χ0v) is 20.5. The van der Waals surface area contributed by atoms with Crippen molar-refractivity contribution in [2.75, 3.05) is 21.3 Å². The van der Waals surface area contributed by atoms with Crippen LogP contribution in [0.1, 0.15) is 0 Å². The number of ether oxygens (including phenoxy) is 3. The fraction of sp³-hybridized carbons (Fsp3) is 0.0938. The van der Waals surface area contributed by atoms with Crippen LogP contribution in [0.15, 0.2) is 103 Å².